The first-order valence-electron chi connectivity index (χ1n) is 5.84. The molecule has 5 nitrogen and oxygen atoms in total. The van der Waals surface area contributed by atoms with Crippen molar-refractivity contribution in [2.45, 2.75) is 13.8 Å². The molecular formula is C13H14ClN5. The number of nitrogens with one attached hydrogen (secondary N) is 1. The second kappa shape index (κ2) is 7.25. The van der Waals surface area contributed by atoms with E-state index in [1.807, 2.05) is 6.07 Å². The molecule has 0 aliphatic carbocycles. The van der Waals surface area contributed by atoms with E-state index in [4.69, 9.17) is 22.1 Å². The normalized spacial score (nSPS) is 9.11. The zero-order chi connectivity index (χ0) is 14.3. The number of nitriles is 2. The lowest BCUT2D eigenvalue weighted by atomic mass is 10.2. The van der Waals surface area contributed by atoms with Gasteiger partial charge in [0.05, 0.1) is 16.4 Å². The third-order valence-electron chi connectivity index (χ3n) is 2.56. The molecule has 0 spiro atoms. The van der Waals surface area contributed by atoms with Crippen LogP contribution in [0.1, 0.15) is 13.8 Å². The fourth-order valence-corrected chi connectivity index (χ4v) is 1.89. The predicted octanol–water partition coefficient (Wildman–Crippen LogP) is 3.00. The molecule has 0 aliphatic heterocycles. The molecule has 98 valence electrons. The summed E-state index contributed by atoms with van der Waals surface area (Å²) in [4.78, 5) is 2.13. The molecule has 0 saturated carbocycles. The van der Waals surface area contributed by atoms with Crippen molar-refractivity contribution in [1.29, 1.82) is 10.5 Å². The highest BCUT2D eigenvalue weighted by atomic mass is 35.5. The Kier molecular flexibility index (Phi) is 5.66. The maximum Gasteiger partial charge on any atom is 0.237 e. The third kappa shape index (κ3) is 3.87. The zero-order valence-electron chi connectivity index (χ0n) is 10.8. The fraction of sp³-hybridized carbons (Fsp3) is 0.308. The van der Waals surface area contributed by atoms with Gasteiger partial charge in [0.25, 0.3) is 0 Å². The van der Waals surface area contributed by atoms with E-state index in [1.165, 1.54) is 0 Å². The monoisotopic (exact) mass is 275 g/mol. The van der Waals surface area contributed by atoms with E-state index in [-0.39, 0.29) is 5.71 Å². The third-order valence-corrected chi connectivity index (χ3v) is 2.86. The highest BCUT2D eigenvalue weighted by Crippen LogP contribution is 2.28. The van der Waals surface area contributed by atoms with Gasteiger partial charge in [0.1, 0.15) is 12.1 Å². The van der Waals surface area contributed by atoms with Crippen molar-refractivity contribution in [3.8, 4) is 12.1 Å². The van der Waals surface area contributed by atoms with Crippen LogP contribution >= 0.6 is 11.6 Å². The Morgan fingerprint density at radius 3 is 2.42 bits per heavy atom. The van der Waals surface area contributed by atoms with Crippen LogP contribution in [0.2, 0.25) is 5.02 Å². The molecule has 1 aromatic rings. The van der Waals surface area contributed by atoms with Crippen molar-refractivity contribution in [3.05, 3.63) is 23.2 Å². The number of hydrazone groups is 1. The Morgan fingerprint density at radius 2 is 1.95 bits per heavy atom. The Balaban J connectivity index is 2.92. The topological polar surface area (TPSA) is 75.2 Å². The van der Waals surface area contributed by atoms with Gasteiger partial charge in [0.2, 0.25) is 5.71 Å². The molecule has 0 heterocycles. The molecule has 1 N–H and O–H groups in total. The van der Waals surface area contributed by atoms with E-state index in [1.54, 1.807) is 24.3 Å². The molecule has 0 fully saturated rings. The number of nitrogens with zero attached hydrogens (tertiary/aromatic N) is 4. The smallest absolute Gasteiger partial charge is 0.237 e. The molecule has 19 heavy (non-hydrogen) atoms. The van der Waals surface area contributed by atoms with Gasteiger partial charge in [-0.3, -0.25) is 5.43 Å². The number of benzene rings is 1. The van der Waals surface area contributed by atoms with Crippen molar-refractivity contribution in [2.75, 3.05) is 23.4 Å². The Hall–Kier alpha value is -2.24. The lowest BCUT2D eigenvalue weighted by Crippen LogP contribution is -2.22. The standard InChI is InChI=1S/C13H14ClN5/c1-3-19(4-2)13-6-5-10(7-12(13)14)17-18-11(8-15)9-16/h5-7,17H,3-4H2,1-2H3. The first-order chi connectivity index (χ1) is 9.15. The van der Waals surface area contributed by atoms with Crippen molar-refractivity contribution in [2.24, 2.45) is 5.10 Å². The van der Waals surface area contributed by atoms with Gasteiger partial charge in [0, 0.05) is 13.1 Å². The summed E-state index contributed by atoms with van der Waals surface area (Å²) < 4.78 is 0. The average molecular weight is 276 g/mol. The van der Waals surface area contributed by atoms with E-state index in [0.717, 1.165) is 18.8 Å². The lowest BCUT2D eigenvalue weighted by Gasteiger charge is -2.22. The number of hydrogen-bond acceptors (Lipinski definition) is 5. The average Bonchev–Trinajstić information content (AvgIpc) is 2.43. The van der Waals surface area contributed by atoms with Crippen LogP contribution in [0.4, 0.5) is 11.4 Å². The van der Waals surface area contributed by atoms with Crippen molar-refractivity contribution in [1.82, 2.24) is 0 Å². The van der Waals surface area contributed by atoms with E-state index in [0.29, 0.717) is 10.7 Å². The van der Waals surface area contributed by atoms with Gasteiger partial charge in [-0.15, -0.1) is 0 Å². The molecule has 0 bridgehead atoms. The highest BCUT2D eigenvalue weighted by Gasteiger charge is 2.07. The maximum absolute atomic E-state index is 8.56. The van der Waals surface area contributed by atoms with Crippen LogP contribution in [0.15, 0.2) is 23.3 Å². The summed E-state index contributed by atoms with van der Waals surface area (Å²) in [6.45, 7) is 5.85. The second-order valence-corrected chi connectivity index (χ2v) is 4.04. The number of hydrogen-bond donors (Lipinski definition) is 1. The van der Waals surface area contributed by atoms with Crippen molar-refractivity contribution < 1.29 is 0 Å². The number of rotatable bonds is 5. The number of halogens is 1. The SMILES string of the molecule is CCN(CC)c1ccc(NN=C(C#N)C#N)cc1Cl. The molecule has 0 aliphatic rings. The predicted molar refractivity (Wildman–Crippen MR) is 77.3 cm³/mol. The molecule has 0 saturated heterocycles. The minimum Gasteiger partial charge on any atom is -0.371 e. The lowest BCUT2D eigenvalue weighted by molar-refractivity contribution is 0.866. The molecule has 0 radical (unpaired) electrons. The molecule has 0 amide bonds. The molecule has 1 rings (SSSR count). The number of anilines is 2. The summed E-state index contributed by atoms with van der Waals surface area (Å²) in [6, 6.07) is 8.73. The molecule has 0 unspecified atom stereocenters. The summed E-state index contributed by atoms with van der Waals surface area (Å²) in [5.41, 5.74) is 3.97. The van der Waals surface area contributed by atoms with E-state index < -0.39 is 0 Å². The molecule has 0 aromatic heterocycles. The summed E-state index contributed by atoms with van der Waals surface area (Å²) in [5.74, 6) is 0. The second-order valence-electron chi connectivity index (χ2n) is 3.63. The van der Waals surface area contributed by atoms with Gasteiger partial charge >= 0.3 is 0 Å². The van der Waals surface area contributed by atoms with Crippen LogP contribution in [0.3, 0.4) is 0 Å². The van der Waals surface area contributed by atoms with Gasteiger partial charge < -0.3 is 4.90 Å². The minimum absolute atomic E-state index is 0.232. The Morgan fingerprint density at radius 1 is 1.32 bits per heavy atom. The van der Waals surface area contributed by atoms with E-state index in [2.05, 4.69) is 29.3 Å². The van der Waals surface area contributed by atoms with E-state index in [9.17, 15) is 0 Å². The van der Waals surface area contributed by atoms with Crippen LogP contribution in [-0.2, 0) is 0 Å². The summed E-state index contributed by atoms with van der Waals surface area (Å²) in [5, 5.41) is 21.4. The molecule has 6 heteroatoms. The fourth-order valence-electron chi connectivity index (χ4n) is 1.59. The highest BCUT2D eigenvalue weighted by molar-refractivity contribution is 6.33. The largest absolute Gasteiger partial charge is 0.371 e. The van der Waals surface area contributed by atoms with Crippen molar-refractivity contribution in [3.63, 3.8) is 0 Å². The van der Waals surface area contributed by atoms with Crippen LogP contribution in [0.25, 0.3) is 0 Å². The van der Waals surface area contributed by atoms with Crippen LogP contribution < -0.4 is 10.3 Å². The van der Waals surface area contributed by atoms with Crippen molar-refractivity contribution >= 4 is 28.7 Å². The first-order valence-corrected chi connectivity index (χ1v) is 6.22. The summed E-state index contributed by atoms with van der Waals surface area (Å²) in [6.07, 6.45) is 0. The minimum atomic E-state index is -0.232. The Labute approximate surface area is 117 Å². The van der Waals surface area contributed by atoms with Gasteiger partial charge in [-0.2, -0.15) is 15.6 Å². The zero-order valence-corrected chi connectivity index (χ0v) is 11.6. The Bertz CT molecular complexity index is 533. The first kappa shape index (κ1) is 14.8. The summed E-state index contributed by atoms with van der Waals surface area (Å²) in [7, 11) is 0. The molecular weight excluding hydrogens is 262 g/mol. The van der Waals surface area contributed by atoms with Crippen LogP contribution in [0, 0.1) is 22.7 Å². The molecule has 0 atom stereocenters. The molecule has 1 aromatic carbocycles. The maximum atomic E-state index is 8.56. The van der Waals surface area contributed by atoms with Crippen LogP contribution in [-0.4, -0.2) is 18.8 Å². The van der Waals surface area contributed by atoms with Gasteiger partial charge in [-0.1, -0.05) is 11.6 Å². The van der Waals surface area contributed by atoms with Crippen LogP contribution in [0.5, 0.6) is 0 Å². The quantitative estimate of drug-likeness (QED) is 0.662. The van der Waals surface area contributed by atoms with E-state index >= 15 is 0 Å². The van der Waals surface area contributed by atoms with Gasteiger partial charge in [0.15, 0.2) is 0 Å². The van der Waals surface area contributed by atoms with Gasteiger partial charge in [-0.25, -0.2) is 0 Å². The summed E-state index contributed by atoms with van der Waals surface area (Å²) >= 11 is 6.20. The van der Waals surface area contributed by atoms with Gasteiger partial charge in [-0.05, 0) is 32.0 Å².